The fraction of sp³-hybridized carbons (Fsp3) is 0.684. The summed E-state index contributed by atoms with van der Waals surface area (Å²) in [7, 11) is 0. The van der Waals surface area contributed by atoms with Gasteiger partial charge >= 0.3 is 0 Å². The first-order valence-corrected chi connectivity index (χ1v) is 8.17. The molecule has 1 aliphatic carbocycles. The molecule has 2 rings (SSSR count). The molecule has 2 unspecified atom stereocenters. The van der Waals surface area contributed by atoms with E-state index in [4.69, 9.17) is 0 Å². The smallest absolute Gasteiger partial charge is 0.123 e. The van der Waals surface area contributed by atoms with E-state index in [2.05, 4.69) is 20.8 Å². The standard InChI is InChI=1S/C19H29FO/c1-14-12-17(20)8-7-15(14)13-19(21)10-5-6-16(9-11-19)18(2,3)4/h7-8,12,16,21H,5-6,9-11,13H2,1-4H3. The fourth-order valence-corrected chi connectivity index (χ4v) is 3.64. The van der Waals surface area contributed by atoms with E-state index >= 15 is 0 Å². The fourth-order valence-electron chi connectivity index (χ4n) is 3.64. The van der Waals surface area contributed by atoms with Gasteiger partial charge in [0.25, 0.3) is 0 Å². The molecule has 1 aromatic carbocycles. The molecule has 2 heteroatoms. The summed E-state index contributed by atoms with van der Waals surface area (Å²) >= 11 is 0. The van der Waals surface area contributed by atoms with Crippen molar-refractivity contribution in [2.75, 3.05) is 0 Å². The summed E-state index contributed by atoms with van der Waals surface area (Å²) in [5.74, 6) is 0.484. The topological polar surface area (TPSA) is 20.2 Å². The molecule has 1 aromatic rings. The van der Waals surface area contributed by atoms with Crippen LogP contribution in [0.3, 0.4) is 0 Å². The summed E-state index contributed by atoms with van der Waals surface area (Å²) in [6.45, 7) is 8.82. The van der Waals surface area contributed by atoms with E-state index < -0.39 is 5.60 Å². The van der Waals surface area contributed by atoms with Crippen molar-refractivity contribution in [2.45, 2.75) is 71.8 Å². The third-order valence-corrected chi connectivity index (χ3v) is 5.20. The van der Waals surface area contributed by atoms with Gasteiger partial charge in [0, 0.05) is 6.42 Å². The van der Waals surface area contributed by atoms with E-state index in [9.17, 15) is 9.50 Å². The molecule has 1 aliphatic rings. The minimum absolute atomic E-state index is 0.197. The number of aryl methyl sites for hydroxylation is 1. The van der Waals surface area contributed by atoms with Crippen molar-refractivity contribution >= 4 is 0 Å². The molecule has 21 heavy (non-hydrogen) atoms. The Kier molecular flexibility index (Phi) is 4.77. The van der Waals surface area contributed by atoms with Crippen molar-refractivity contribution in [2.24, 2.45) is 11.3 Å². The summed E-state index contributed by atoms with van der Waals surface area (Å²) < 4.78 is 13.2. The molecule has 0 amide bonds. The lowest BCUT2D eigenvalue weighted by Crippen LogP contribution is -2.31. The largest absolute Gasteiger partial charge is 0.390 e. The molecule has 0 radical (unpaired) electrons. The van der Waals surface area contributed by atoms with Gasteiger partial charge in [-0.25, -0.2) is 4.39 Å². The van der Waals surface area contributed by atoms with Gasteiger partial charge in [-0.2, -0.15) is 0 Å². The van der Waals surface area contributed by atoms with Gasteiger partial charge in [0.1, 0.15) is 5.82 Å². The van der Waals surface area contributed by atoms with Crippen molar-refractivity contribution in [3.63, 3.8) is 0 Å². The Morgan fingerprint density at radius 2 is 1.95 bits per heavy atom. The van der Waals surface area contributed by atoms with Gasteiger partial charge in [-0.3, -0.25) is 0 Å². The molecule has 1 nitrogen and oxygen atoms in total. The normalized spacial score (nSPS) is 27.4. The van der Waals surface area contributed by atoms with Crippen molar-refractivity contribution in [1.29, 1.82) is 0 Å². The van der Waals surface area contributed by atoms with E-state index in [1.165, 1.54) is 12.5 Å². The van der Waals surface area contributed by atoms with E-state index in [1.54, 1.807) is 6.07 Å². The molecule has 0 aliphatic heterocycles. The minimum atomic E-state index is -0.622. The van der Waals surface area contributed by atoms with Crippen LogP contribution in [0.4, 0.5) is 4.39 Å². The molecule has 1 saturated carbocycles. The highest BCUT2D eigenvalue weighted by atomic mass is 19.1. The average Bonchev–Trinajstić information content (AvgIpc) is 2.55. The zero-order valence-corrected chi connectivity index (χ0v) is 13.9. The van der Waals surface area contributed by atoms with Gasteiger partial charge in [0.2, 0.25) is 0 Å². The first-order chi connectivity index (χ1) is 9.70. The minimum Gasteiger partial charge on any atom is -0.390 e. The Balaban J connectivity index is 2.08. The maximum absolute atomic E-state index is 13.2. The van der Waals surface area contributed by atoms with E-state index in [0.717, 1.165) is 36.8 Å². The van der Waals surface area contributed by atoms with Crippen LogP contribution in [0, 0.1) is 24.1 Å². The van der Waals surface area contributed by atoms with Gasteiger partial charge in [-0.15, -0.1) is 0 Å². The Morgan fingerprint density at radius 1 is 1.24 bits per heavy atom. The molecule has 118 valence electrons. The third-order valence-electron chi connectivity index (χ3n) is 5.20. The van der Waals surface area contributed by atoms with Gasteiger partial charge < -0.3 is 5.11 Å². The van der Waals surface area contributed by atoms with Crippen LogP contribution in [0.15, 0.2) is 18.2 Å². The van der Waals surface area contributed by atoms with Crippen LogP contribution in [-0.2, 0) is 6.42 Å². The Morgan fingerprint density at radius 3 is 2.57 bits per heavy atom. The molecular weight excluding hydrogens is 263 g/mol. The predicted octanol–water partition coefficient (Wildman–Crippen LogP) is 5.03. The lowest BCUT2D eigenvalue weighted by molar-refractivity contribution is 0.0224. The van der Waals surface area contributed by atoms with Crippen LogP contribution in [0.1, 0.15) is 64.0 Å². The molecule has 2 atom stereocenters. The Bertz CT molecular complexity index is 489. The SMILES string of the molecule is Cc1cc(F)ccc1CC1(O)CCCC(C(C)(C)C)CC1. The second kappa shape index (κ2) is 6.08. The second-order valence-corrected chi connectivity index (χ2v) is 7.97. The highest BCUT2D eigenvalue weighted by Crippen LogP contribution is 2.40. The summed E-state index contributed by atoms with van der Waals surface area (Å²) in [5, 5.41) is 11.0. The highest BCUT2D eigenvalue weighted by Gasteiger charge is 2.35. The zero-order valence-electron chi connectivity index (χ0n) is 13.9. The van der Waals surface area contributed by atoms with Gasteiger partial charge in [0.05, 0.1) is 5.60 Å². The summed E-state index contributed by atoms with van der Waals surface area (Å²) in [6, 6.07) is 4.89. The second-order valence-electron chi connectivity index (χ2n) is 7.97. The van der Waals surface area contributed by atoms with Crippen molar-refractivity contribution < 1.29 is 9.50 Å². The average molecular weight is 292 g/mol. The molecule has 0 bridgehead atoms. The Labute approximate surface area is 128 Å². The predicted molar refractivity (Wildman–Crippen MR) is 85.8 cm³/mol. The van der Waals surface area contributed by atoms with Crippen LogP contribution in [-0.4, -0.2) is 10.7 Å². The van der Waals surface area contributed by atoms with E-state index in [1.807, 2.05) is 13.0 Å². The van der Waals surface area contributed by atoms with Crippen LogP contribution < -0.4 is 0 Å². The zero-order chi connectivity index (χ0) is 15.7. The van der Waals surface area contributed by atoms with Crippen molar-refractivity contribution in [1.82, 2.24) is 0 Å². The highest BCUT2D eigenvalue weighted by molar-refractivity contribution is 5.28. The third kappa shape index (κ3) is 4.29. The number of rotatable bonds is 2. The van der Waals surface area contributed by atoms with Crippen LogP contribution in [0.2, 0.25) is 0 Å². The Hall–Kier alpha value is -0.890. The number of hydrogen-bond acceptors (Lipinski definition) is 1. The first kappa shape index (κ1) is 16.5. The molecule has 1 N–H and O–H groups in total. The maximum Gasteiger partial charge on any atom is 0.123 e. The summed E-state index contributed by atoms with van der Waals surface area (Å²) in [4.78, 5) is 0. The van der Waals surface area contributed by atoms with Crippen molar-refractivity contribution in [3.05, 3.63) is 35.1 Å². The maximum atomic E-state index is 13.2. The molecular formula is C19H29FO. The van der Waals surface area contributed by atoms with Crippen LogP contribution in [0.5, 0.6) is 0 Å². The number of aliphatic hydroxyl groups is 1. The quantitative estimate of drug-likeness (QED) is 0.758. The van der Waals surface area contributed by atoms with Gasteiger partial charge in [0.15, 0.2) is 0 Å². The lowest BCUT2D eigenvalue weighted by Gasteiger charge is -2.31. The number of hydrogen-bond donors (Lipinski definition) is 1. The summed E-state index contributed by atoms with van der Waals surface area (Å²) in [6.07, 6.45) is 5.73. The van der Waals surface area contributed by atoms with E-state index in [0.29, 0.717) is 17.8 Å². The van der Waals surface area contributed by atoms with Gasteiger partial charge in [-0.1, -0.05) is 33.3 Å². The monoisotopic (exact) mass is 292 g/mol. The van der Waals surface area contributed by atoms with Crippen molar-refractivity contribution in [3.8, 4) is 0 Å². The number of benzene rings is 1. The first-order valence-electron chi connectivity index (χ1n) is 8.17. The summed E-state index contributed by atoms with van der Waals surface area (Å²) in [5.41, 5.74) is 1.72. The molecule has 0 spiro atoms. The number of halogens is 1. The molecule has 0 saturated heterocycles. The van der Waals surface area contributed by atoms with E-state index in [-0.39, 0.29) is 5.82 Å². The van der Waals surface area contributed by atoms with Gasteiger partial charge in [-0.05, 0) is 67.2 Å². The van der Waals surface area contributed by atoms with Crippen LogP contribution >= 0.6 is 0 Å². The molecule has 0 heterocycles. The molecule has 0 aromatic heterocycles. The molecule has 1 fully saturated rings. The lowest BCUT2D eigenvalue weighted by atomic mass is 9.76. The van der Waals surface area contributed by atoms with Crippen LogP contribution in [0.25, 0.3) is 0 Å².